The Morgan fingerprint density at radius 3 is 2.48 bits per heavy atom. The number of aryl methyl sites for hydroxylation is 1. The quantitative estimate of drug-likeness (QED) is 0.329. The van der Waals surface area contributed by atoms with Gasteiger partial charge in [-0.05, 0) is 54.9 Å². The molecule has 2 aromatic carbocycles. The number of amides is 1. The van der Waals surface area contributed by atoms with Gasteiger partial charge in [0.1, 0.15) is 6.33 Å². The molecule has 1 N–H and O–H groups in total. The van der Waals surface area contributed by atoms with Gasteiger partial charge in [0.05, 0.1) is 17.8 Å². The Kier molecular flexibility index (Phi) is 8.10. The van der Waals surface area contributed by atoms with Crippen molar-refractivity contribution < 1.29 is 9.53 Å². The van der Waals surface area contributed by atoms with Crippen LogP contribution in [0.4, 0.5) is 0 Å². The van der Waals surface area contributed by atoms with Gasteiger partial charge in [-0.25, -0.2) is 9.94 Å². The minimum atomic E-state index is -0.114. The number of nitrogens with zero attached hydrogens (tertiary/aromatic N) is 6. The highest BCUT2D eigenvalue weighted by atomic mass is 16.5. The van der Waals surface area contributed by atoms with Crippen LogP contribution in [-0.2, 0) is 22.4 Å². The molecule has 4 aromatic rings. The maximum absolute atomic E-state index is 14.5. The van der Waals surface area contributed by atoms with Crippen LogP contribution in [0.15, 0.2) is 64.8 Å². The summed E-state index contributed by atoms with van der Waals surface area (Å²) in [6.45, 7) is 5.72. The number of likely N-dealkylation sites (tertiary alicyclic amines) is 1. The van der Waals surface area contributed by atoms with Crippen LogP contribution >= 0.6 is 0 Å². The molecule has 7 rings (SSSR count). The van der Waals surface area contributed by atoms with Gasteiger partial charge in [0.15, 0.2) is 0 Å². The lowest BCUT2D eigenvalue weighted by molar-refractivity contribution is -0.119. The lowest BCUT2D eigenvalue weighted by Gasteiger charge is -2.39. The molecule has 10 nitrogen and oxygen atoms in total. The molecule has 2 saturated heterocycles. The monoisotopic (exact) mass is 593 g/mol. The van der Waals surface area contributed by atoms with E-state index in [1.807, 2.05) is 27.3 Å². The highest BCUT2D eigenvalue weighted by Crippen LogP contribution is 2.30. The van der Waals surface area contributed by atoms with Gasteiger partial charge in [-0.15, -0.1) is 0 Å². The van der Waals surface area contributed by atoms with Crippen LogP contribution in [0.2, 0.25) is 0 Å². The molecule has 2 aromatic heterocycles. The predicted octanol–water partition coefficient (Wildman–Crippen LogP) is 4.14. The zero-order valence-corrected chi connectivity index (χ0v) is 25.2. The maximum Gasteiger partial charge on any atom is 0.259 e. The molecule has 2 fully saturated rings. The molecule has 1 amide bonds. The van der Waals surface area contributed by atoms with E-state index in [0.29, 0.717) is 24.0 Å². The lowest BCUT2D eigenvalue weighted by Crippen LogP contribution is -2.45. The minimum absolute atomic E-state index is 0.0298. The van der Waals surface area contributed by atoms with E-state index in [1.54, 1.807) is 6.33 Å². The molecule has 5 heterocycles. The molecule has 44 heavy (non-hydrogen) atoms. The smallest absolute Gasteiger partial charge is 0.259 e. The third kappa shape index (κ3) is 5.48. The van der Waals surface area contributed by atoms with E-state index in [0.717, 1.165) is 98.3 Å². The van der Waals surface area contributed by atoms with Crippen molar-refractivity contribution in [3.05, 3.63) is 87.6 Å². The van der Waals surface area contributed by atoms with Crippen molar-refractivity contribution in [1.82, 2.24) is 29.5 Å². The number of carbonyl (C=O) groups excluding carboxylic acids is 1. The Morgan fingerprint density at radius 1 is 0.955 bits per heavy atom. The molecule has 0 unspecified atom stereocenters. The van der Waals surface area contributed by atoms with Crippen molar-refractivity contribution >= 4 is 17.4 Å². The number of hydrogen-bond donors (Lipinski definition) is 1. The Balaban J connectivity index is 1.26. The lowest BCUT2D eigenvalue weighted by atomic mass is 9.91. The first-order valence-electron chi connectivity index (χ1n) is 15.9. The van der Waals surface area contributed by atoms with Crippen molar-refractivity contribution in [2.75, 3.05) is 26.3 Å². The molecule has 0 spiro atoms. The number of nitrogens with one attached hydrogen (secondary N) is 1. The van der Waals surface area contributed by atoms with Crippen LogP contribution in [0.3, 0.4) is 0 Å². The van der Waals surface area contributed by atoms with Crippen molar-refractivity contribution in [1.29, 1.82) is 0 Å². The van der Waals surface area contributed by atoms with Crippen LogP contribution in [0, 0.1) is 0 Å². The van der Waals surface area contributed by atoms with Gasteiger partial charge in [-0.1, -0.05) is 55.8 Å². The van der Waals surface area contributed by atoms with Crippen LogP contribution in [0.5, 0.6) is 0 Å². The fourth-order valence-corrected chi connectivity index (χ4v) is 7.17. The first kappa shape index (κ1) is 28.6. The van der Waals surface area contributed by atoms with E-state index < -0.39 is 0 Å². The van der Waals surface area contributed by atoms with Crippen molar-refractivity contribution in [2.24, 2.45) is 5.10 Å². The van der Waals surface area contributed by atoms with Gasteiger partial charge in [0.25, 0.3) is 5.56 Å². The van der Waals surface area contributed by atoms with Crippen molar-refractivity contribution in [3.8, 4) is 11.1 Å². The fourth-order valence-electron chi connectivity index (χ4n) is 7.17. The third-order valence-corrected chi connectivity index (χ3v) is 9.39. The van der Waals surface area contributed by atoms with Gasteiger partial charge >= 0.3 is 0 Å². The summed E-state index contributed by atoms with van der Waals surface area (Å²) >= 11 is 0. The third-order valence-electron chi connectivity index (χ3n) is 9.39. The Morgan fingerprint density at radius 2 is 1.75 bits per heavy atom. The zero-order chi connectivity index (χ0) is 30.0. The highest BCUT2D eigenvalue weighted by molar-refractivity contribution is 6.16. The Bertz CT molecular complexity index is 1750. The van der Waals surface area contributed by atoms with Crippen LogP contribution in [0.1, 0.15) is 73.9 Å². The number of fused-ring (bicyclic) bond motifs is 1. The molecular formula is C34H39N7O3. The molecule has 10 heteroatoms. The molecule has 0 aliphatic carbocycles. The van der Waals surface area contributed by atoms with Gasteiger partial charge in [-0.2, -0.15) is 15.2 Å². The second-order valence-corrected chi connectivity index (χ2v) is 12.1. The Labute approximate surface area is 256 Å². The number of hydrazone groups is 1. The standard InChI is InChI=1S/C34H39N7O3/c1-2-6-31-29(20-23-9-10-27(24-7-4-3-5-8-24)28(19-23)30-21-32(42)38-37-30)33(43)40(34-35-22-36-41(31)34)26-11-15-39(16-12-26)25-13-17-44-18-14-25/h3-5,7-10,19,22,25-26H,2,6,11-18,20-21H2,1H3,(H,38,42). The number of benzene rings is 2. The average molecular weight is 594 g/mol. The minimum Gasteiger partial charge on any atom is -0.381 e. The summed E-state index contributed by atoms with van der Waals surface area (Å²) in [7, 11) is 0. The van der Waals surface area contributed by atoms with Gasteiger partial charge in [0.2, 0.25) is 11.7 Å². The van der Waals surface area contributed by atoms with E-state index in [4.69, 9.17) is 4.74 Å². The molecular weight excluding hydrogens is 554 g/mol. The SMILES string of the molecule is CCCc1c(Cc2ccc(-c3ccccc3)c(C3=NNC(=O)C3)c2)c(=O)n(C2CCN(C3CCOCC3)CC2)c2ncnn12. The maximum atomic E-state index is 14.5. The molecule has 0 atom stereocenters. The van der Waals surface area contributed by atoms with Crippen LogP contribution < -0.4 is 11.0 Å². The number of carbonyl (C=O) groups is 1. The van der Waals surface area contributed by atoms with E-state index in [1.165, 1.54) is 0 Å². The largest absolute Gasteiger partial charge is 0.381 e. The molecule has 0 radical (unpaired) electrons. The van der Waals surface area contributed by atoms with E-state index in [2.05, 4.69) is 62.8 Å². The summed E-state index contributed by atoms with van der Waals surface area (Å²) in [5, 5.41) is 8.98. The molecule has 3 aliphatic rings. The normalized spacial score (nSPS) is 18.6. The summed E-state index contributed by atoms with van der Waals surface area (Å²) < 4.78 is 9.40. The summed E-state index contributed by atoms with van der Waals surface area (Å²) in [6, 6.07) is 17.0. The summed E-state index contributed by atoms with van der Waals surface area (Å²) in [4.78, 5) is 33.8. The van der Waals surface area contributed by atoms with Gasteiger partial charge < -0.3 is 9.64 Å². The average Bonchev–Trinajstić information content (AvgIpc) is 3.73. The molecule has 0 saturated carbocycles. The molecule has 3 aliphatic heterocycles. The molecule has 0 bridgehead atoms. The Hall–Kier alpha value is -4.15. The topological polar surface area (TPSA) is 106 Å². The van der Waals surface area contributed by atoms with Gasteiger partial charge in [-0.3, -0.25) is 14.2 Å². The van der Waals surface area contributed by atoms with E-state index >= 15 is 0 Å². The fraction of sp³-hybridized carbons (Fsp3) is 0.441. The van der Waals surface area contributed by atoms with Gasteiger partial charge in [0, 0.05) is 55.9 Å². The number of aromatic nitrogens is 4. The highest BCUT2D eigenvalue weighted by Gasteiger charge is 2.30. The molecule has 228 valence electrons. The summed E-state index contributed by atoms with van der Waals surface area (Å²) in [6.07, 6.45) is 7.85. The predicted molar refractivity (Wildman–Crippen MR) is 169 cm³/mol. The van der Waals surface area contributed by atoms with E-state index in [-0.39, 0.29) is 23.9 Å². The zero-order valence-electron chi connectivity index (χ0n) is 25.2. The van der Waals surface area contributed by atoms with Crippen molar-refractivity contribution in [2.45, 2.75) is 70.4 Å². The first-order chi connectivity index (χ1) is 21.6. The summed E-state index contributed by atoms with van der Waals surface area (Å²) in [5.74, 6) is 0.522. The van der Waals surface area contributed by atoms with Crippen LogP contribution in [0.25, 0.3) is 16.9 Å². The second-order valence-electron chi connectivity index (χ2n) is 12.1. The number of piperidine rings is 1. The number of hydrogen-bond acceptors (Lipinski definition) is 7. The second kappa shape index (κ2) is 12.5. The summed E-state index contributed by atoms with van der Waals surface area (Å²) in [5.41, 5.74) is 9.00. The number of rotatable bonds is 8. The van der Waals surface area contributed by atoms with Crippen LogP contribution in [-0.4, -0.2) is 68.0 Å². The van der Waals surface area contributed by atoms with Crippen molar-refractivity contribution in [3.63, 3.8) is 0 Å². The van der Waals surface area contributed by atoms with E-state index in [9.17, 15) is 9.59 Å². The first-order valence-corrected chi connectivity index (χ1v) is 15.9. The number of ether oxygens (including phenoxy) is 1.